The highest BCUT2D eigenvalue weighted by molar-refractivity contribution is 5.79. The molecule has 0 bridgehead atoms. The molecule has 25 heavy (non-hydrogen) atoms. The normalized spacial score (nSPS) is 24.5. The van der Waals surface area contributed by atoms with Gasteiger partial charge in [0, 0.05) is 45.1 Å². The number of carbonyl (C=O) groups is 1. The third kappa shape index (κ3) is 4.20. The molecule has 1 aromatic heterocycles. The summed E-state index contributed by atoms with van der Waals surface area (Å²) in [6.45, 7) is 7.86. The third-order valence-electron chi connectivity index (χ3n) is 5.51. The van der Waals surface area contributed by atoms with Crippen LogP contribution < -0.4 is 5.32 Å². The second-order valence-electron chi connectivity index (χ2n) is 7.65. The fraction of sp³-hybridized carbons (Fsp3) is 0.722. The summed E-state index contributed by atoms with van der Waals surface area (Å²) in [6.07, 6.45) is 5.86. The van der Waals surface area contributed by atoms with Gasteiger partial charge in [0.15, 0.2) is 0 Å². The molecule has 2 aliphatic rings. The topological polar surface area (TPSA) is 77.2 Å². The molecule has 7 heteroatoms. The average molecular weight is 344 g/mol. The number of aryl methyl sites for hydroxylation is 1. The zero-order chi connectivity index (χ0) is 18.0. The summed E-state index contributed by atoms with van der Waals surface area (Å²) in [7, 11) is 2.01. The molecule has 2 heterocycles. The second kappa shape index (κ2) is 7.14. The Morgan fingerprint density at radius 3 is 2.80 bits per heavy atom. The smallest absolute Gasteiger partial charge is 0.235 e. The van der Waals surface area contributed by atoms with E-state index in [1.807, 2.05) is 30.9 Å². The summed E-state index contributed by atoms with van der Waals surface area (Å²) in [5.74, 6) is 1.34. The van der Waals surface area contributed by atoms with Gasteiger partial charge in [-0.25, -0.2) is 4.98 Å². The van der Waals surface area contributed by atoms with Gasteiger partial charge < -0.3 is 9.88 Å². The Kier molecular flexibility index (Phi) is 5.11. The molecule has 1 aliphatic heterocycles. The lowest BCUT2D eigenvalue weighted by Crippen LogP contribution is -2.55. The van der Waals surface area contributed by atoms with Gasteiger partial charge in [-0.2, -0.15) is 5.26 Å². The number of amides is 1. The van der Waals surface area contributed by atoms with Crippen molar-refractivity contribution in [1.29, 1.82) is 5.26 Å². The zero-order valence-corrected chi connectivity index (χ0v) is 15.4. The van der Waals surface area contributed by atoms with Crippen LogP contribution in [0, 0.1) is 17.2 Å². The molecular formula is C18H28N6O. The Balaban J connectivity index is 1.48. The molecule has 7 nitrogen and oxygen atoms in total. The summed E-state index contributed by atoms with van der Waals surface area (Å²) >= 11 is 0. The summed E-state index contributed by atoms with van der Waals surface area (Å²) in [4.78, 5) is 21.4. The van der Waals surface area contributed by atoms with Crippen LogP contribution in [0.1, 0.15) is 32.5 Å². The lowest BCUT2D eigenvalue weighted by atomic mass is 9.98. The third-order valence-corrected chi connectivity index (χ3v) is 5.51. The minimum Gasteiger partial charge on any atom is -0.337 e. The van der Waals surface area contributed by atoms with Crippen LogP contribution in [0.4, 0.5) is 0 Å². The molecular weight excluding hydrogens is 316 g/mol. The van der Waals surface area contributed by atoms with Crippen LogP contribution in [0.5, 0.6) is 0 Å². The number of carbonyl (C=O) groups excluding carboxylic acids is 1. The molecule has 1 N–H and O–H groups in total. The number of hydrogen-bond donors (Lipinski definition) is 1. The molecule has 1 aromatic rings. The summed E-state index contributed by atoms with van der Waals surface area (Å²) < 4.78 is 2.05. The van der Waals surface area contributed by atoms with E-state index in [1.54, 1.807) is 0 Å². The molecule has 2 atom stereocenters. The van der Waals surface area contributed by atoms with Gasteiger partial charge in [0.05, 0.1) is 19.2 Å². The minimum absolute atomic E-state index is 0.0410. The van der Waals surface area contributed by atoms with Crippen molar-refractivity contribution < 1.29 is 4.79 Å². The first kappa shape index (κ1) is 17.9. The maximum absolute atomic E-state index is 12.4. The molecule has 3 rings (SSSR count). The SMILES string of the molecule is C[C@H]1CN(CC(=O)N[C@](C)(C#N)C2CC2)CCN1Cc1nccn1C. The van der Waals surface area contributed by atoms with Gasteiger partial charge in [-0.1, -0.05) is 0 Å². The number of nitriles is 1. The van der Waals surface area contributed by atoms with E-state index < -0.39 is 5.54 Å². The molecule has 1 saturated carbocycles. The van der Waals surface area contributed by atoms with Crippen molar-refractivity contribution in [3.05, 3.63) is 18.2 Å². The molecule has 1 saturated heterocycles. The fourth-order valence-electron chi connectivity index (χ4n) is 3.59. The van der Waals surface area contributed by atoms with Gasteiger partial charge in [0.2, 0.25) is 5.91 Å². The van der Waals surface area contributed by atoms with E-state index in [-0.39, 0.29) is 5.91 Å². The van der Waals surface area contributed by atoms with Crippen molar-refractivity contribution in [3.63, 3.8) is 0 Å². The van der Waals surface area contributed by atoms with Crippen molar-refractivity contribution in [2.75, 3.05) is 26.2 Å². The predicted octanol–water partition coefficient (Wildman–Crippen LogP) is 0.735. The van der Waals surface area contributed by atoms with E-state index in [0.29, 0.717) is 18.5 Å². The van der Waals surface area contributed by atoms with Gasteiger partial charge in [-0.05, 0) is 32.6 Å². The summed E-state index contributed by atoms with van der Waals surface area (Å²) in [5.41, 5.74) is -0.706. The zero-order valence-electron chi connectivity index (χ0n) is 15.4. The second-order valence-corrected chi connectivity index (χ2v) is 7.65. The van der Waals surface area contributed by atoms with Crippen molar-refractivity contribution in [1.82, 2.24) is 24.7 Å². The number of aromatic nitrogens is 2. The Morgan fingerprint density at radius 2 is 2.24 bits per heavy atom. The maximum atomic E-state index is 12.4. The fourth-order valence-corrected chi connectivity index (χ4v) is 3.59. The molecule has 136 valence electrons. The van der Waals surface area contributed by atoms with E-state index >= 15 is 0 Å². The summed E-state index contributed by atoms with van der Waals surface area (Å²) in [5, 5.41) is 12.3. The van der Waals surface area contributed by atoms with Crippen LogP contribution in [-0.2, 0) is 18.4 Å². The standard InChI is InChI=1S/C18H28N6O/c1-14-10-23(8-9-24(14)11-16-20-6-7-22(16)3)12-17(25)21-18(2,13-19)15-4-5-15/h6-7,14-15H,4-5,8-12H2,1-3H3,(H,21,25)/t14-,18+/m0/s1. The maximum Gasteiger partial charge on any atom is 0.235 e. The van der Waals surface area contributed by atoms with Gasteiger partial charge in [-0.15, -0.1) is 0 Å². The van der Waals surface area contributed by atoms with Crippen molar-refractivity contribution in [2.45, 2.75) is 44.8 Å². The molecule has 0 radical (unpaired) electrons. The highest BCUT2D eigenvalue weighted by Gasteiger charge is 2.43. The van der Waals surface area contributed by atoms with Crippen LogP contribution in [0.2, 0.25) is 0 Å². The lowest BCUT2D eigenvalue weighted by molar-refractivity contribution is -0.124. The predicted molar refractivity (Wildman–Crippen MR) is 94.4 cm³/mol. The van der Waals surface area contributed by atoms with Gasteiger partial charge >= 0.3 is 0 Å². The van der Waals surface area contributed by atoms with Crippen LogP contribution in [-0.4, -0.2) is 63.0 Å². The van der Waals surface area contributed by atoms with Crippen LogP contribution >= 0.6 is 0 Å². The first-order chi connectivity index (χ1) is 11.9. The number of rotatable bonds is 6. The van der Waals surface area contributed by atoms with E-state index in [2.05, 4.69) is 33.1 Å². The van der Waals surface area contributed by atoms with E-state index in [9.17, 15) is 10.1 Å². The van der Waals surface area contributed by atoms with E-state index in [0.717, 1.165) is 44.8 Å². The van der Waals surface area contributed by atoms with Crippen LogP contribution in [0.15, 0.2) is 12.4 Å². The number of piperazine rings is 1. The van der Waals surface area contributed by atoms with Crippen molar-refractivity contribution >= 4 is 5.91 Å². The van der Waals surface area contributed by atoms with Gasteiger partial charge in [-0.3, -0.25) is 14.6 Å². The highest BCUT2D eigenvalue weighted by atomic mass is 16.2. The number of nitrogens with zero attached hydrogens (tertiary/aromatic N) is 5. The van der Waals surface area contributed by atoms with Crippen LogP contribution in [0.3, 0.4) is 0 Å². The Labute approximate surface area is 149 Å². The Hall–Kier alpha value is -1.91. The first-order valence-corrected chi connectivity index (χ1v) is 9.06. The lowest BCUT2D eigenvalue weighted by Gasteiger charge is -2.39. The van der Waals surface area contributed by atoms with Crippen LogP contribution in [0.25, 0.3) is 0 Å². The molecule has 0 aromatic carbocycles. The number of nitrogens with one attached hydrogen (secondary N) is 1. The highest BCUT2D eigenvalue weighted by Crippen LogP contribution is 2.39. The minimum atomic E-state index is -0.706. The van der Waals surface area contributed by atoms with E-state index in [1.165, 1.54) is 0 Å². The molecule has 0 spiro atoms. The molecule has 1 amide bonds. The Morgan fingerprint density at radius 1 is 1.48 bits per heavy atom. The van der Waals surface area contributed by atoms with Gasteiger partial charge in [0.25, 0.3) is 0 Å². The molecule has 2 fully saturated rings. The van der Waals surface area contributed by atoms with Crippen molar-refractivity contribution in [3.8, 4) is 6.07 Å². The Bertz CT molecular complexity index is 661. The summed E-state index contributed by atoms with van der Waals surface area (Å²) in [6, 6.07) is 2.65. The monoisotopic (exact) mass is 344 g/mol. The molecule has 1 aliphatic carbocycles. The number of hydrogen-bond acceptors (Lipinski definition) is 5. The van der Waals surface area contributed by atoms with Gasteiger partial charge in [0.1, 0.15) is 11.4 Å². The number of imidazole rings is 1. The average Bonchev–Trinajstić information content (AvgIpc) is 3.35. The molecule has 0 unspecified atom stereocenters. The van der Waals surface area contributed by atoms with E-state index in [4.69, 9.17) is 0 Å². The quantitative estimate of drug-likeness (QED) is 0.823. The first-order valence-electron chi connectivity index (χ1n) is 9.06. The van der Waals surface area contributed by atoms with Crippen molar-refractivity contribution in [2.24, 2.45) is 13.0 Å². The largest absolute Gasteiger partial charge is 0.337 e.